The Hall–Kier alpha value is -0.360. The molecular weight excluding hydrogens is 412 g/mol. The van der Waals surface area contributed by atoms with E-state index in [0.29, 0.717) is 18.0 Å². The number of aliphatic hydroxyl groups is 1. The summed E-state index contributed by atoms with van der Waals surface area (Å²) in [7, 11) is 0. The third-order valence-electron chi connectivity index (χ3n) is 10.6. The van der Waals surface area contributed by atoms with Crippen LogP contribution in [0.1, 0.15) is 71.6 Å². The van der Waals surface area contributed by atoms with Crippen molar-refractivity contribution in [1.82, 2.24) is 5.32 Å². The molecule has 1 amide bonds. The first-order valence-electron chi connectivity index (χ1n) is 12.8. The molecule has 0 spiro atoms. The van der Waals surface area contributed by atoms with Gasteiger partial charge in [0.05, 0.1) is 19.3 Å². The molecule has 1 saturated heterocycles. The number of fused-ring (bicyclic) bond motifs is 5. The van der Waals surface area contributed by atoms with Gasteiger partial charge in [0.25, 0.3) is 5.91 Å². The summed E-state index contributed by atoms with van der Waals surface area (Å²) in [5.74, 6) is 3.39. The fourth-order valence-electron chi connectivity index (χ4n) is 8.78. The van der Waals surface area contributed by atoms with Crippen molar-refractivity contribution in [2.45, 2.75) is 83.8 Å². The average molecular weight is 455 g/mol. The summed E-state index contributed by atoms with van der Waals surface area (Å²) in [6.45, 7) is 9.13. The molecule has 4 aliphatic carbocycles. The summed E-state index contributed by atoms with van der Waals surface area (Å²) in [5, 5.41) is 13.7. The summed E-state index contributed by atoms with van der Waals surface area (Å²) in [5.41, 5.74) is 0.707. The molecule has 7 unspecified atom stereocenters. The summed E-state index contributed by atoms with van der Waals surface area (Å²) < 4.78 is 5.44. The Labute approximate surface area is 194 Å². The lowest BCUT2D eigenvalue weighted by Crippen LogP contribution is -3.15. The number of halogens is 1. The standard InChI is InChI=1S/C25H42N2O3.ClH/c1-24-9-7-18(28)15-17(24)3-4-19-20-5-6-22(25(20,2)10-8-21(19)24)26-23(29)16-27-11-13-30-14-12-27;/h17-22,28H,3-16H2,1-2H3,(H,26,29);1H/t17-,18?,19?,20?,21?,22?,24?,25?;/m0./s1. The number of hydrogen-bond donors (Lipinski definition) is 3. The molecular formula is C25H43ClN2O3. The Kier molecular flexibility index (Phi) is 7.00. The lowest BCUT2D eigenvalue weighted by atomic mass is 9.45. The van der Waals surface area contributed by atoms with Crippen LogP contribution in [0.2, 0.25) is 0 Å². The number of morpholine rings is 1. The number of amides is 1. The summed E-state index contributed by atoms with van der Waals surface area (Å²) in [6.07, 6.45) is 10.9. The highest BCUT2D eigenvalue weighted by atomic mass is 35.5. The van der Waals surface area contributed by atoms with E-state index in [-0.39, 0.29) is 29.8 Å². The van der Waals surface area contributed by atoms with Crippen molar-refractivity contribution in [3.05, 3.63) is 0 Å². The molecule has 3 N–H and O–H groups in total. The third-order valence-corrected chi connectivity index (χ3v) is 10.6. The molecule has 5 fully saturated rings. The van der Waals surface area contributed by atoms with Gasteiger partial charge in [-0.3, -0.25) is 4.79 Å². The number of hydrogen-bond acceptors (Lipinski definition) is 3. The molecule has 6 heteroatoms. The SMILES string of the molecule is CC12CCC3C(CC[C@H]4CC(O)CCC34C)C1CCC2NC(=O)C[NH+]1CCOCC1.[Cl-]. The zero-order chi connectivity index (χ0) is 20.9. The molecule has 1 aliphatic heterocycles. The van der Waals surface area contributed by atoms with Crippen LogP contribution in [0.25, 0.3) is 0 Å². The Bertz CT molecular complexity index is 657. The Morgan fingerprint density at radius 2 is 1.71 bits per heavy atom. The molecule has 178 valence electrons. The molecule has 0 aromatic rings. The highest BCUT2D eigenvalue weighted by Crippen LogP contribution is 2.66. The normalized spacial score (nSPS) is 47.5. The number of carbonyl (C=O) groups is 1. The largest absolute Gasteiger partial charge is 1.00 e. The number of quaternary nitrogens is 1. The van der Waals surface area contributed by atoms with E-state index in [4.69, 9.17) is 4.74 Å². The number of rotatable bonds is 3. The maximum absolute atomic E-state index is 12.8. The molecule has 5 aliphatic rings. The molecule has 5 rings (SSSR count). The third kappa shape index (κ3) is 4.18. The minimum Gasteiger partial charge on any atom is -1.00 e. The van der Waals surface area contributed by atoms with Crippen LogP contribution in [0.15, 0.2) is 0 Å². The van der Waals surface area contributed by atoms with Crippen molar-refractivity contribution in [3.63, 3.8) is 0 Å². The van der Waals surface area contributed by atoms with Crippen LogP contribution in [0.4, 0.5) is 0 Å². The fraction of sp³-hybridized carbons (Fsp3) is 0.960. The van der Waals surface area contributed by atoms with Crippen LogP contribution in [-0.4, -0.2) is 56.0 Å². The molecule has 1 heterocycles. The van der Waals surface area contributed by atoms with Crippen molar-refractivity contribution < 1.29 is 31.9 Å². The Morgan fingerprint density at radius 3 is 2.48 bits per heavy atom. The molecule has 0 aromatic heterocycles. The summed E-state index contributed by atoms with van der Waals surface area (Å²) in [6, 6.07) is 0.357. The molecule has 4 saturated carbocycles. The second-order valence-corrected chi connectivity index (χ2v) is 11.9. The van der Waals surface area contributed by atoms with E-state index in [0.717, 1.165) is 69.2 Å². The molecule has 5 nitrogen and oxygen atoms in total. The molecule has 31 heavy (non-hydrogen) atoms. The van der Waals surface area contributed by atoms with Crippen molar-refractivity contribution in [3.8, 4) is 0 Å². The van der Waals surface area contributed by atoms with Gasteiger partial charge in [0.1, 0.15) is 13.1 Å². The molecule has 8 atom stereocenters. The van der Waals surface area contributed by atoms with Gasteiger partial charge in [-0.25, -0.2) is 0 Å². The van der Waals surface area contributed by atoms with E-state index in [1.165, 1.54) is 43.4 Å². The second-order valence-electron chi connectivity index (χ2n) is 11.9. The van der Waals surface area contributed by atoms with E-state index in [1.54, 1.807) is 0 Å². The number of nitrogens with one attached hydrogen (secondary N) is 2. The maximum Gasteiger partial charge on any atom is 0.275 e. The number of aliphatic hydroxyl groups excluding tert-OH is 1. The lowest BCUT2D eigenvalue weighted by molar-refractivity contribution is -0.900. The van der Waals surface area contributed by atoms with Crippen molar-refractivity contribution in [1.29, 1.82) is 0 Å². The predicted octanol–water partition coefficient (Wildman–Crippen LogP) is -1.21. The molecule has 0 aromatic carbocycles. The van der Waals surface area contributed by atoms with Gasteiger partial charge in [0.15, 0.2) is 6.54 Å². The van der Waals surface area contributed by atoms with E-state index in [9.17, 15) is 9.90 Å². The summed E-state index contributed by atoms with van der Waals surface area (Å²) in [4.78, 5) is 14.2. The van der Waals surface area contributed by atoms with E-state index < -0.39 is 0 Å². The Morgan fingerprint density at radius 1 is 1.00 bits per heavy atom. The van der Waals surface area contributed by atoms with Gasteiger partial charge in [0.2, 0.25) is 0 Å². The quantitative estimate of drug-likeness (QED) is 0.501. The highest BCUT2D eigenvalue weighted by Gasteiger charge is 2.60. The number of carbonyl (C=O) groups excluding carboxylic acids is 1. The lowest BCUT2D eigenvalue weighted by Gasteiger charge is -2.60. The van der Waals surface area contributed by atoms with Gasteiger partial charge >= 0.3 is 0 Å². The average Bonchev–Trinajstić information content (AvgIpc) is 3.05. The van der Waals surface area contributed by atoms with Crippen LogP contribution < -0.4 is 22.6 Å². The first kappa shape index (κ1) is 23.8. The second kappa shape index (κ2) is 9.12. The maximum atomic E-state index is 12.8. The molecule has 0 bridgehead atoms. The zero-order valence-electron chi connectivity index (χ0n) is 19.5. The predicted molar refractivity (Wildman–Crippen MR) is 116 cm³/mol. The first-order chi connectivity index (χ1) is 14.4. The first-order valence-corrected chi connectivity index (χ1v) is 12.8. The van der Waals surface area contributed by atoms with Gasteiger partial charge in [-0.2, -0.15) is 0 Å². The van der Waals surface area contributed by atoms with E-state index in [1.807, 2.05) is 0 Å². The minimum atomic E-state index is -0.0619. The minimum absolute atomic E-state index is 0. The van der Waals surface area contributed by atoms with Gasteiger partial charge in [-0.05, 0) is 92.3 Å². The van der Waals surface area contributed by atoms with Gasteiger partial charge in [0, 0.05) is 6.04 Å². The monoisotopic (exact) mass is 454 g/mol. The van der Waals surface area contributed by atoms with Crippen LogP contribution >= 0.6 is 0 Å². The topological polar surface area (TPSA) is 63.0 Å². The van der Waals surface area contributed by atoms with Gasteiger partial charge in [-0.15, -0.1) is 0 Å². The van der Waals surface area contributed by atoms with Crippen LogP contribution in [0.3, 0.4) is 0 Å². The highest BCUT2D eigenvalue weighted by molar-refractivity contribution is 5.77. The zero-order valence-corrected chi connectivity index (χ0v) is 20.3. The summed E-state index contributed by atoms with van der Waals surface area (Å²) >= 11 is 0. The smallest absolute Gasteiger partial charge is 0.275 e. The van der Waals surface area contributed by atoms with Gasteiger partial charge in [-0.1, -0.05) is 13.8 Å². The van der Waals surface area contributed by atoms with Crippen LogP contribution in [0.5, 0.6) is 0 Å². The van der Waals surface area contributed by atoms with Crippen LogP contribution in [0, 0.1) is 34.5 Å². The molecule has 0 radical (unpaired) electrons. The van der Waals surface area contributed by atoms with Crippen LogP contribution in [-0.2, 0) is 9.53 Å². The number of ether oxygens (including phenoxy) is 1. The fourth-order valence-corrected chi connectivity index (χ4v) is 8.78. The Balaban J connectivity index is 0.00000231. The van der Waals surface area contributed by atoms with Crippen molar-refractivity contribution in [2.24, 2.45) is 34.5 Å². The van der Waals surface area contributed by atoms with Crippen molar-refractivity contribution in [2.75, 3.05) is 32.8 Å². The van der Waals surface area contributed by atoms with E-state index >= 15 is 0 Å². The van der Waals surface area contributed by atoms with Crippen molar-refractivity contribution >= 4 is 5.91 Å². The van der Waals surface area contributed by atoms with Gasteiger partial charge < -0.3 is 32.5 Å². The van der Waals surface area contributed by atoms with E-state index in [2.05, 4.69) is 19.2 Å².